The molecule has 0 N–H and O–H groups in total. The van der Waals surface area contributed by atoms with Crippen molar-refractivity contribution in [3.63, 3.8) is 0 Å². The van der Waals surface area contributed by atoms with Crippen LogP contribution < -0.4 is 0 Å². The lowest BCUT2D eigenvalue weighted by Gasteiger charge is -2.26. The van der Waals surface area contributed by atoms with E-state index in [-0.39, 0.29) is 12.6 Å². The molecular formula is C12H18N2O4. The maximum absolute atomic E-state index is 11.9. The van der Waals surface area contributed by atoms with Crippen LogP contribution in [0.3, 0.4) is 0 Å². The monoisotopic (exact) mass is 254 g/mol. The highest BCUT2D eigenvalue weighted by atomic mass is 16.6. The summed E-state index contributed by atoms with van der Waals surface area (Å²) in [4.78, 5) is 28.2. The second-order valence-electron chi connectivity index (χ2n) is 5.19. The fourth-order valence-electron chi connectivity index (χ4n) is 1.79. The number of carbonyl (C=O) groups is 2. The number of methoxy groups -OCH3 is 1. The minimum absolute atomic E-state index is 0.207. The molecule has 18 heavy (non-hydrogen) atoms. The van der Waals surface area contributed by atoms with Crippen molar-refractivity contribution in [2.24, 2.45) is 0 Å². The Hall–Kier alpha value is -1.77. The van der Waals surface area contributed by atoms with Crippen LogP contribution in [0.4, 0.5) is 4.79 Å². The first-order valence-corrected chi connectivity index (χ1v) is 5.72. The molecule has 6 nitrogen and oxygen atoms in total. The molecule has 1 heterocycles. The molecule has 0 aromatic heterocycles. The third-order valence-corrected chi connectivity index (χ3v) is 2.56. The molecule has 1 fully saturated rings. The molecule has 0 unspecified atom stereocenters. The average Bonchev–Trinajstić information content (AvgIpc) is 2.69. The third kappa shape index (κ3) is 3.36. The van der Waals surface area contributed by atoms with Crippen LogP contribution in [-0.2, 0) is 14.3 Å². The highest BCUT2D eigenvalue weighted by Crippen LogP contribution is 2.24. The van der Waals surface area contributed by atoms with Crippen LogP contribution in [0.1, 0.15) is 27.2 Å². The molecule has 0 radical (unpaired) electrons. The summed E-state index contributed by atoms with van der Waals surface area (Å²) in [6.07, 6.45) is -0.279. The summed E-state index contributed by atoms with van der Waals surface area (Å²) in [6, 6.07) is -1.09. The zero-order chi connectivity index (χ0) is 13.9. The molecule has 0 bridgehead atoms. The predicted octanol–water partition coefficient (Wildman–Crippen LogP) is 1.46. The van der Waals surface area contributed by atoms with Gasteiger partial charge in [0.1, 0.15) is 18.2 Å². The standard InChI is InChI=1S/C12H18N2O4/c1-12(2,3)18-11(16)14-7-8(13-4)6-9(14)10(15)17-5/h8-9H,6-7H2,1-3,5H3/t8-,9+/m1/s1. The molecule has 1 aliphatic heterocycles. The SMILES string of the molecule is [C-]#[N+][C@@H]1C[C@@H](C(=O)OC)N(C(=O)OC(C)(C)C)C1. The predicted molar refractivity (Wildman–Crippen MR) is 63.8 cm³/mol. The Morgan fingerprint density at radius 3 is 2.44 bits per heavy atom. The van der Waals surface area contributed by atoms with Gasteiger partial charge in [-0.15, -0.1) is 0 Å². The van der Waals surface area contributed by atoms with Gasteiger partial charge in [-0.3, -0.25) is 4.90 Å². The highest BCUT2D eigenvalue weighted by molar-refractivity contribution is 5.82. The van der Waals surface area contributed by atoms with Crippen molar-refractivity contribution < 1.29 is 19.1 Å². The number of esters is 1. The van der Waals surface area contributed by atoms with Crippen LogP contribution in [0, 0.1) is 6.57 Å². The Balaban J connectivity index is 2.81. The van der Waals surface area contributed by atoms with Crippen molar-refractivity contribution >= 4 is 12.1 Å². The van der Waals surface area contributed by atoms with Crippen LogP contribution in [-0.4, -0.2) is 48.3 Å². The molecule has 0 aliphatic carbocycles. The molecule has 1 aliphatic rings. The number of hydrogen-bond acceptors (Lipinski definition) is 4. The van der Waals surface area contributed by atoms with E-state index >= 15 is 0 Å². The molecule has 1 saturated heterocycles. The first kappa shape index (κ1) is 14.3. The summed E-state index contributed by atoms with van der Waals surface area (Å²) in [5.74, 6) is -0.507. The molecule has 0 aromatic carbocycles. The van der Waals surface area contributed by atoms with Crippen molar-refractivity contribution in [2.45, 2.75) is 44.9 Å². The quantitative estimate of drug-likeness (QED) is 0.525. The Morgan fingerprint density at radius 1 is 1.39 bits per heavy atom. The lowest BCUT2D eigenvalue weighted by molar-refractivity contribution is -0.145. The van der Waals surface area contributed by atoms with Gasteiger partial charge in [-0.25, -0.2) is 16.2 Å². The summed E-state index contributed by atoms with van der Waals surface area (Å²) < 4.78 is 9.86. The van der Waals surface area contributed by atoms with Crippen molar-refractivity contribution in [1.29, 1.82) is 0 Å². The van der Waals surface area contributed by atoms with Gasteiger partial charge in [0.15, 0.2) is 0 Å². The fraction of sp³-hybridized carbons (Fsp3) is 0.750. The van der Waals surface area contributed by atoms with Crippen LogP contribution in [0.5, 0.6) is 0 Å². The highest BCUT2D eigenvalue weighted by Gasteiger charge is 2.45. The van der Waals surface area contributed by atoms with E-state index in [1.54, 1.807) is 20.8 Å². The maximum atomic E-state index is 11.9. The first-order chi connectivity index (χ1) is 8.28. The Kier molecular flexibility index (Phi) is 4.17. The van der Waals surface area contributed by atoms with E-state index in [0.717, 1.165) is 0 Å². The van der Waals surface area contributed by atoms with E-state index in [4.69, 9.17) is 11.3 Å². The minimum Gasteiger partial charge on any atom is -0.467 e. The summed E-state index contributed by atoms with van der Waals surface area (Å²) in [6.45, 7) is 12.5. The van der Waals surface area contributed by atoms with Crippen molar-refractivity contribution in [1.82, 2.24) is 4.90 Å². The number of hydrogen-bond donors (Lipinski definition) is 0. The maximum Gasteiger partial charge on any atom is 0.411 e. The number of amides is 1. The Labute approximate surface area is 107 Å². The van der Waals surface area contributed by atoms with Gasteiger partial charge in [0.2, 0.25) is 6.04 Å². The van der Waals surface area contributed by atoms with E-state index in [9.17, 15) is 9.59 Å². The van der Waals surface area contributed by atoms with Gasteiger partial charge in [0.25, 0.3) is 0 Å². The lowest BCUT2D eigenvalue weighted by atomic mass is 10.2. The molecule has 1 amide bonds. The van der Waals surface area contributed by atoms with E-state index in [1.807, 2.05) is 0 Å². The molecule has 0 aromatic rings. The van der Waals surface area contributed by atoms with Gasteiger partial charge >= 0.3 is 12.1 Å². The van der Waals surface area contributed by atoms with Crippen molar-refractivity contribution in [3.05, 3.63) is 11.4 Å². The van der Waals surface area contributed by atoms with Crippen LogP contribution in [0.2, 0.25) is 0 Å². The third-order valence-electron chi connectivity index (χ3n) is 2.56. The topological polar surface area (TPSA) is 60.2 Å². The van der Waals surface area contributed by atoms with E-state index in [1.165, 1.54) is 12.0 Å². The van der Waals surface area contributed by atoms with Gasteiger partial charge in [-0.2, -0.15) is 0 Å². The molecule has 2 atom stereocenters. The van der Waals surface area contributed by atoms with E-state index in [2.05, 4.69) is 9.58 Å². The Bertz CT molecular complexity index is 381. The van der Waals surface area contributed by atoms with Crippen LogP contribution in [0.15, 0.2) is 0 Å². The summed E-state index contributed by atoms with van der Waals surface area (Å²) in [5.41, 5.74) is -0.631. The van der Waals surface area contributed by atoms with Crippen LogP contribution >= 0.6 is 0 Å². The smallest absolute Gasteiger partial charge is 0.411 e. The van der Waals surface area contributed by atoms with E-state index in [0.29, 0.717) is 6.42 Å². The first-order valence-electron chi connectivity index (χ1n) is 5.72. The number of likely N-dealkylation sites (tertiary alicyclic amines) is 1. The number of carbonyl (C=O) groups excluding carboxylic acids is 2. The van der Waals surface area contributed by atoms with Gasteiger partial charge < -0.3 is 14.3 Å². The molecule has 0 spiro atoms. The molecule has 1 rings (SSSR count). The molecule has 100 valence electrons. The summed E-state index contributed by atoms with van der Waals surface area (Å²) >= 11 is 0. The average molecular weight is 254 g/mol. The Morgan fingerprint density at radius 2 is 2.00 bits per heavy atom. The van der Waals surface area contributed by atoms with Crippen molar-refractivity contribution in [3.8, 4) is 0 Å². The number of rotatable bonds is 1. The second-order valence-corrected chi connectivity index (χ2v) is 5.19. The molecule has 6 heteroatoms. The summed E-state index contributed by atoms with van der Waals surface area (Å²) in [5, 5.41) is 0. The number of ether oxygens (including phenoxy) is 2. The normalized spacial score (nSPS) is 23.4. The minimum atomic E-state index is -0.719. The fourth-order valence-corrected chi connectivity index (χ4v) is 1.79. The van der Waals surface area contributed by atoms with Gasteiger partial charge in [0, 0.05) is 0 Å². The van der Waals surface area contributed by atoms with Crippen molar-refractivity contribution in [2.75, 3.05) is 13.7 Å². The van der Waals surface area contributed by atoms with Gasteiger partial charge in [0.05, 0.1) is 13.5 Å². The second kappa shape index (κ2) is 5.25. The largest absolute Gasteiger partial charge is 0.467 e. The van der Waals surface area contributed by atoms with Crippen LogP contribution in [0.25, 0.3) is 4.85 Å². The molecule has 0 saturated carbocycles. The molecular weight excluding hydrogens is 236 g/mol. The zero-order valence-corrected chi connectivity index (χ0v) is 11.1. The zero-order valence-electron chi connectivity index (χ0n) is 11.1. The summed E-state index contributed by atoms with van der Waals surface area (Å²) in [7, 11) is 1.26. The number of nitrogens with zero attached hydrogens (tertiary/aromatic N) is 2. The van der Waals surface area contributed by atoms with E-state index < -0.39 is 23.7 Å². The lowest BCUT2D eigenvalue weighted by Crippen LogP contribution is -2.43. The van der Waals surface area contributed by atoms with Gasteiger partial charge in [-0.1, -0.05) is 0 Å². The van der Waals surface area contributed by atoms with Gasteiger partial charge in [-0.05, 0) is 20.8 Å².